The zero-order valence-electron chi connectivity index (χ0n) is 10.1. The lowest BCUT2D eigenvalue weighted by Gasteiger charge is -2.20. The summed E-state index contributed by atoms with van der Waals surface area (Å²) in [5.41, 5.74) is 7.40. The maximum atomic E-state index is 12.2. The molecule has 2 heterocycles. The van der Waals surface area contributed by atoms with Gasteiger partial charge in [0, 0.05) is 11.8 Å². The summed E-state index contributed by atoms with van der Waals surface area (Å²) in [6.45, 7) is 1.07. The Bertz CT molecular complexity index is 611. The third kappa shape index (κ3) is 2.59. The molecule has 1 aromatic heterocycles. The lowest BCUT2D eigenvalue weighted by molar-refractivity contribution is 0.171. The number of nitrogen functional groups attached to an aromatic ring is 1. The van der Waals surface area contributed by atoms with Crippen LogP contribution in [0.4, 0.5) is 5.69 Å². The smallest absolute Gasteiger partial charge is 0.163 e. The average molecular weight is 295 g/mol. The van der Waals surface area contributed by atoms with Gasteiger partial charge in [-0.15, -0.1) is 11.3 Å². The number of hydrogen-bond acceptors (Lipinski definition) is 5. The molecule has 0 fully saturated rings. The summed E-state index contributed by atoms with van der Waals surface area (Å²) >= 11 is 1.49. The van der Waals surface area contributed by atoms with Gasteiger partial charge in [-0.2, -0.15) is 0 Å². The molecule has 0 radical (unpaired) electrons. The van der Waals surface area contributed by atoms with Crippen molar-refractivity contribution in [2.45, 2.75) is 9.96 Å². The third-order valence-corrected chi connectivity index (χ3v) is 5.48. The minimum atomic E-state index is -1.07. The molecule has 0 amide bonds. The molecule has 6 heteroatoms. The van der Waals surface area contributed by atoms with Crippen molar-refractivity contribution in [2.24, 2.45) is 0 Å². The molecule has 2 aromatic rings. The van der Waals surface area contributed by atoms with Crippen molar-refractivity contribution in [1.29, 1.82) is 0 Å². The van der Waals surface area contributed by atoms with E-state index in [0.717, 1.165) is 9.77 Å². The van der Waals surface area contributed by atoms with Crippen LogP contribution in [0.2, 0.25) is 0 Å². The van der Waals surface area contributed by atoms with Gasteiger partial charge in [-0.05, 0) is 23.1 Å². The highest BCUT2D eigenvalue weighted by atomic mass is 32.2. The summed E-state index contributed by atoms with van der Waals surface area (Å²) in [6.07, 6.45) is 0. The Kier molecular flexibility index (Phi) is 3.44. The van der Waals surface area contributed by atoms with Crippen molar-refractivity contribution in [3.05, 3.63) is 35.2 Å². The first kappa shape index (κ1) is 12.5. The Morgan fingerprint density at radius 2 is 2.00 bits per heavy atom. The maximum absolute atomic E-state index is 12.2. The van der Waals surface area contributed by atoms with Gasteiger partial charge in [0.15, 0.2) is 11.5 Å². The number of anilines is 1. The third-order valence-electron chi connectivity index (χ3n) is 2.81. The van der Waals surface area contributed by atoms with Crippen LogP contribution >= 0.6 is 11.3 Å². The van der Waals surface area contributed by atoms with Crippen LogP contribution in [0, 0.1) is 0 Å². The van der Waals surface area contributed by atoms with Crippen molar-refractivity contribution in [3.8, 4) is 11.5 Å². The minimum absolute atomic E-state index is 0.392. The Morgan fingerprint density at radius 1 is 1.26 bits per heavy atom. The molecule has 0 aliphatic carbocycles. The van der Waals surface area contributed by atoms with Gasteiger partial charge in [0.05, 0.1) is 20.8 Å². The van der Waals surface area contributed by atoms with Gasteiger partial charge in [0.2, 0.25) is 0 Å². The molecule has 0 saturated heterocycles. The van der Waals surface area contributed by atoms with Gasteiger partial charge in [0.25, 0.3) is 0 Å². The zero-order chi connectivity index (χ0) is 13.2. The minimum Gasteiger partial charge on any atom is -0.486 e. The van der Waals surface area contributed by atoms with Crippen LogP contribution in [0.25, 0.3) is 0 Å². The maximum Gasteiger partial charge on any atom is 0.163 e. The first-order valence-electron chi connectivity index (χ1n) is 5.84. The molecule has 19 heavy (non-hydrogen) atoms. The molecule has 0 saturated carbocycles. The Balaban J connectivity index is 1.87. The molecule has 0 bridgehead atoms. The number of thiophene rings is 1. The van der Waals surface area contributed by atoms with Crippen molar-refractivity contribution < 1.29 is 13.7 Å². The first-order valence-corrected chi connectivity index (χ1v) is 8.04. The molecule has 4 nitrogen and oxygen atoms in total. The zero-order valence-corrected chi connectivity index (χ0v) is 11.8. The SMILES string of the molecule is Nc1cc2c(cc1CS(=O)c1cccs1)OCCO2. The van der Waals surface area contributed by atoms with Crippen LogP contribution in [0.3, 0.4) is 0 Å². The Morgan fingerprint density at radius 3 is 2.68 bits per heavy atom. The van der Waals surface area contributed by atoms with E-state index in [1.54, 1.807) is 6.07 Å². The van der Waals surface area contributed by atoms with Crippen molar-refractivity contribution >= 4 is 27.8 Å². The predicted molar refractivity (Wildman–Crippen MR) is 76.3 cm³/mol. The van der Waals surface area contributed by atoms with Crippen LogP contribution in [-0.2, 0) is 16.6 Å². The molecule has 3 rings (SSSR count). The van der Waals surface area contributed by atoms with E-state index in [0.29, 0.717) is 36.2 Å². The van der Waals surface area contributed by atoms with Crippen LogP contribution < -0.4 is 15.2 Å². The molecule has 2 N–H and O–H groups in total. The number of ether oxygens (including phenoxy) is 2. The topological polar surface area (TPSA) is 61.6 Å². The van der Waals surface area contributed by atoms with Gasteiger partial charge in [-0.3, -0.25) is 4.21 Å². The summed E-state index contributed by atoms with van der Waals surface area (Å²) in [5.74, 6) is 1.73. The van der Waals surface area contributed by atoms with Gasteiger partial charge >= 0.3 is 0 Å². The van der Waals surface area contributed by atoms with E-state index in [4.69, 9.17) is 15.2 Å². The average Bonchev–Trinajstić information content (AvgIpc) is 2.93. The van der Waals surface area contributed by atoms with Crippen molar-refractivity contribution in [2.75, 3.05) is 18.9 Å². The molecule has 0 spiro atoms. The summed E-state index contributed by atoms with van der Waals surface area (Å²) in [5, 5.41) is 1.92. The van der Waals surface area contributed by atoms with Crippen LogP contribution in [0.5, 0.6) is 11.5 Å². The highest BCUT2D eigenvalue weighted by Gasteiger charge is 2.16. The Hall–Kier alpha value is -1.53. The van der Waals surface area contributed by atoms with E-state index in [1.807, 2.05) is 23.6 Å². The highest BCUT2D eigenvalue weighted by Crippen LogP contribution is 2.35. The fourth-order valence-corrected chi connectivity index (χ4v) is 4.00. The second-order valence-corrected chi connectivity index (χ2v) is 6.74. The molecular weight excluding hydrogens is 282 g/mol. The fraction of sp³-hybridized carbons (Fsp3) is 0.231. The molecule has 1 atom stereocenters. The number of nitrogens with two attached hydrogens (primary N) is 1. The van der Waals surface area contributed by atoms with E-state index < -0.39 is 10.8 Å². The van der Waals surface area contributed by atoms with Crippen LogP contribution in [0.15, 0.2) is 33.9 Å². The molecule has 1 aromatic carbocycles. The largest absolute Gasteiger partial charge is 0.486 e. The highest BCUT2D eigenvalue weighted by molar-refractivity contribution is 7.86. The van der Waals surface area contributed by atoms with Gasteiger partial charge in [0.1, 0.15) is 13.2 Å². The normalized spacial score (nSPS) is 15.2. The lowest BCUT2D eigenvalue weighted by atomic mass is 10.2. The predicted octanol–water partition coefficient (Wildman–Crippen LogP) is 2.41. The standard InChI is InChI=1S/C13H13NO3S2/c14-10-7-12-11(16-3-4-17-12)6-9(10)8-19(15)13-2-1-5-18-13/h1-2,5-7H,3-4,8,14H2. The number of rotatable bonds is 3. The lowest BCUT2D eigenvalue weighted by Crippen LogP contribution is -2.16. The monoisotopic (exact) mass is 295 g/mol. The molecule has 1 aliphatic heterocycles. The van der Waals surface area contributed by atoms with Crippen molar-refractivity contribution in [1.82, 2.24) is 0 Å². The molecule has 1 unspecified atom stereocenters. The van der Waals surface area contributed by atoms with Gasteiger partial charge in [-0.25, -0.2) is 0 Å². The number of hydrogen-bond donors (Lipinski definition) is 1. The second-order valence-electron chi connectivity index (χ2n) is 4.12. The van der Waals surface area contributed by atoms with Gasteiger partial charge < -0.3 is 15.2 Å². The molecule has 100 valence electrons. The summed E-state index contributed by atoms with van der Waals surface area (Å²) < 4.78 is 24.0. The van der Waals surface area contributed by atoms with E-state index in [9.17, 15) is 4.21 Å². The van der Waals surface area contributed by atoms with Crippen molar-refractivity contribution in [3.63, 3.8) is 0 Å². The fourth-order valence-electron chi connectivity index (χ4n) is 1.88. The first-order chi connectivity index (χ1) is 9.24. The van der Waals surface area contributed by atoms with E-state index in [2.05, 4.69) is 0 Å². The number of fused-ring (bicyclic) bond motifs is 1. The van der Waals surface area contributed by atoms with Crippen LogP contribution in [-0.4, -0.2) is 17.4 Å². The molecular formula is C13H13NO3S2. The number of benzene rings is 1. The summed E-state index contributed by atoms with van der Waals surface area (Å²) in [4.78, 5) is 0. The van der Waals surface area contributed by atoms with E-state index >= 15 is 0 Å². The van der Waals surface area contributed by atoms with Gasteiger partial charge in [-0.1, -0.05) is 6.07 Å². The van der Waals surface area contributed by atoms with Crippen LogP contribution in [0.1, 0.15) is 5.56 Å². The molecule has 1 aliphatic rings. The Labute approximate surface area is 117 Å². The van der Waals surface area contributed by atoms with E-state index in [-0.39, 0.29) is 0 Å². The van der Waals surface area contributed by atoms with E-state index in [1.165, 1.54) is 11.3 Å². The quantitative estimate of drug-likeness (QED) is 0.883. The second kappa shape index (κ2) is 5.22. The summed E-state index contributed by atoms with van der Waals surface area (Å²) in [7, 11) is -1.07. The summed E-state index contributed by atoms with van der Waals surface area (Å²) in [6, 6.07) is 7.34.